The smallest absolute Gasteiger partial charge is 0.187 e. The molecule has 0 fully saturated rings. The van der Waals surface area contributed by atoms with E-state index in [1.807, 2.05) is 60.7 Å². The largest absolute Gasteiger partial charge is 0.238 e. The minimum Gasteiger partial charge on any atom is -0.238 e. The Morgan fingerprint density at radius 3 is 1.66 bits per heavy atom. The summed E-state index contributed by atoms with van der Waals surface area (Å²) < 4.78 is 4.52. The number of benzene rings is 7. The van der Waals surface area contributed by atoms with Crippen LogP contribution in [0.1, 0.15) is 0 Å². The summed E-state index contributed by atoms with van der Waals surface area (Å²) >= 11 is 3.49. The molecular weight excluding hydrogens is 749 g/mol. The average Bonchev–Trinajstić information content (AvgIpc) is 3.88. The standard InChI is InChI=1S/C50H28N6S2/c1-51-35-28-26-31(27-29-35)30-22-24-34(25-23-30)48-54-47(33-14-6-3-7-15-33)55-49(56-48)38-18-11-21-41-42(38)37-17-10-19-39(45(37)58-41)50-52-43(32-12-4-2-5-13-32)46-44(53-50)36-16-8-9-20-40(36)57-46/h2-29H. The summed E-state index contributed by atoms with van der Waals surface area (Å²) in [7, 11) is 0. The van der Waals surface area contributed by atoms with Gasteiger partial charge in [-0.1, -0.05) is 152 Å². The van der Waals surface area contributed by atoms with Gasteiger partial charge in [-0.15, -0.1) is 22.7 Å². The summed E-state index contributed by atoms with van der Waals surface area (Å²) in [5.41, 5.74) is 9.42. The van der Waals surface area contributed by atoms with Crippen LogP contribution in [-0.2, 0) is 0 Å². The van der Waals surface area contributed by atoms with Crippen molar-refractivity contribution in [2.24, 2.45) is 0 Å². The van der Waals surface area contributed by atoms with E-state index in [-0.39, 0.29) is 0 Å². The van der Waals surface area contributed by atoms with Crippen LogP contribution in [0.25, 0.3) is 113 Å². The van der Waals surface area contributed by atoms with Gasteiger partial charge in [0.1, 0.15) is 0 Å². The zero-order chi connectivity index (χ0) is 38.6. The molecule has 11 rings (SSSR count). The van der Waals surface area contributed by atoms with Crippen LogP contribution in [0.3, 0.4) is 0 Å². The first-order chi connectivity index (χ1) is 28.7. The predicted molar refractivity (Wildman–Crippen MR) is 240 cm³/mol. The molecule has 6 nitrogen and oxygen atoms in total. The Bertz CT molecular complexity index is 3390. The Morgan fingerprint density at radius 1 is 0.379 bits per heavy atom. The fourth-order valence-corrected chi connectivity index (χ4v) is 9.99. The first kappa shape index (κ1) is 33.9. The Hall–Kier alpha value is -7.44. The number of rotatable bonds is 6. The fraction of sp³-hybridized carbons (Fsp3) is 0. The van der Waals surface area contributed by atoms with E-state index in [1.165, 1.54) is 4.70 Å². The predicted octanol–water partition coefficient (Wildman–Crippen LogP) is 14.0. The molecule has 8 heteroatoms. The SMILES string of the molecule is [C-]#[N+]c1ccc(-c2ccc(-c3nc(-c4ccccc4)nc(-c4cccc5sc6c(-c7nc(-c8ccccc8)c8sc9ccccc9c8n7)cccc6c45)n3)cc2)cc1. The Labute approximate surface area is 341 Å². The summed E-state index contributed by atoms with van der Waals surface area (Å²) in [6.07, 6.45) is 0. The van der Waals surface area contributed by atoms with Crippen LogP contribution in [0.4, 0.5) is 5.69 Å². The molecule has 0 spiro atoms. The van der Waals surface area contributed by atoms with Gasteiger partial charge in [0, 0.05) is 58.1 Å². The molecule has 58 heavy (non-hydrogen) atoms. The van der Waals surface area contributed by atoms with E-state index < -0.39 is 0 Å². The topological polar surface area (TPSA) is 68.8 Å². The Balaban J connectivity index is 1.08. The van der Waals surface area contributed by atoms with Crippen molar-refractivity contribution in [3.05, 3.63) is 181 Å². The third kappa shape index (κ3) is 5.80. The zero-order valence-electron chi connectivity index (χ0n) is 30.7. The second kappa shape index (κ2) is 13.9. The van der Waals surface area contributed by atoms with Crippen molar-refractivity contribution in [2.45, 2.75) is 0 Å². The lowest BCUT2D eigenvalue weighted by molar-refractivity contribution is 1.08. The lowest BCUT2D eigenvalue weighted by atomic mass is 10.0. The molecule has 7 aromatic carbocycles. The highest BCUT2D eigenvalue weighted by molar-refractivity contribution is 7.26. The van der Waals surface area contributed by atoms with Crippen molar-refractivity contribution >= 4 is 68.8 Å². The van der Waals surface area contributed by atoms with Gasteiger partial charge in [-0.05, 0) is 29.3 Å². The van der Waals surface area contributed by atoms with Crippen LogP contribution < -0.4 is 0 Å². The van der Waals surface area contributed by atoms with Gasteiger partial charge in [0.15, 0.2) is 29.0 Å². The van der Waals surface area contributed by atoms with E-state index in [4.69, 9.17) is 31.5 Å². The molecule has 0 saturated heterocycles. The number of thiophene rings is 2. The summed E-state index contributed by atoms with van der Waals surface area (Å²) in [6.45, 7) is 7.30. The van der Waals surface area contributed by atoms with E-state index in [2.05, 4.69) is 114 Å². The van der Waals surface area contributed by atoms with Crippen molar-refractivity contribution in [2.75, 3.05) is 0 Å². The highest BCUT2D eigenvalue weighted by Crippen LogP contribution is 2.45. The maximum Gasteiger partial charge on any atom is 0.187 e. The Kier molecular flexibility index (Phi) is 8.14. The van der Waals surface area contributed by atoms with E-state index in [0.29, 0.717) is 29.0 Å². The maximum atomic E-state index is 7.30. The molecule has 0 saturated carbocycles. The second-order valence-corrected chi connectivity index (χ2v) is 16.0. The van der Waals surface area contributed by atoms with E-state index in [1.54, 1.807) is 22.7 Å². The normalized spacial score (nSPS) is 11.4. The summed E-state index contributed by atoms with van der Waals surface area (Å²) in [6, 6.07) is 57.6. The number of hydrogen-bond donors (Lipinski definition) is 0. The second-order valence-electron chi connectivity index (χ2n) is 13.9. The molecule has 0 aliphatic heterocycles. The third-order valence-corrected chi connectivity index (χ3v) is 12.8. The van der Waals surface area contributed by atoms with Crippen LogP contribution in [0.15, 0.2) is 170 Å². The van der Waals surface area contributed by atoms with Gasteiger partial charge in [-0.2, -0.15) is 0 Å². The highest BCUT2D eigenvalue weighted by atomic mass is 32.1. The number of hydrogen-bond acceptors (Lipinski definition) is 7. The summed E-state index contributed by atoms with van der Waals surface area (Å²) in [5.74, 6) is 2.50. The average molecular weight is 777 g/mol. The van der Waals surface area contributed by atoms with Crippen LogP contribution >= 0.6 is 22.7 Å². The van der Waals surface area contributed by atoms with Crippen molar-refractivity contribution < 1.29 is 0 Å². The quantitative estimate of drug-likeness (QED) is 0.157. The molecule has 0 atom stereocenters. The highest BCUT2D eigenvalue weighted by Gasteiger charge is 2.21. The van der Waals surface area contributed by atoms with Crippen molar-refractivity contribution in [3.8, 4) is 67.9 Å². The number of fused-ring (bicyclic) bond motifs is 6. The maximum absolute atomic E-state index is 7.30. The molecule has 0 bridgehead atoms. The lowest BCUT2D eigenvalue weighted by Crippen LogP contribution is -2.00. The molecule has 0 aliphatic carbocycles. The first-order valence-electron chi connectivity index (χ1n) is 18.8. The van der Waals surface area contributed by atoms with Gasteiger partial charge < -0.3 is 0 Å². The van der Waals surface area contributed by atoms with E-state index in [0.717, 1.165) is 80.4 Å². The van der Waals surface area contributed by atoms with Gasteiger partial charge in [0.2, 0.25) is 0 Å². The first-order valence-corrected chi connectivity index (χ1v) is 20.4. The summed E-state index contributed by atoms with van der Waals surface area (Å²) in [5, 5.41) is 3.33. The minimum atomic E-state index is 0.592. The molecule has 0 amide bonds. The van der Waals surface area contributed by atoms with Crippen molar-refractivity contribution in [1.29, 1.82) is 0 Å². The monoisotopic (exact) mass is 776 g/mol. The summed E-state index contributed by atoms with van der Waals surface area (Å²) in [4.78, 5) is 29.5. The lowest BCUT2D eigenvalue weighted by Gasteiger charge is -2.10. The molecule has 4 aromatic heterocycles. The molecule has 270 valence electrons. The number of aromatic nitrogens is 5. The molecule has 11 aromatic rings. The van der Waals surface area contributed by atoms with E-state index >= 15 is 0 Å². The van der Waals surface area contributed by atoms with Gasteiger partial charge >= 0.3 is 0 Å². The van der Waals surface area contributed by atoms with Crippen LogP contribution in [0.2, 0.25) is 0 Å². The van der Waals surface area contributed by atoms with Crippen LogP contribution in [-0.4, -0.2) is 24.9 Å². The van der Waals surface area contributed by atoms with Gasteiger partial charge in [-0.25, -0.2) is 29.8 Å². The van der Waals surface area contributed by atoms with Crippen molar-refractivity contribution in [3.63, 3.8) is 0 Å². The van der Waals surface area contributed by atoms with Gasteiger partial charge in [-0.3, -0.25) is 0 Å². The molecule has 0 radical (unpaired) electrons. The van der Waals surface area contributed by atoms with Crippen LogP contribution in [0.5, 0.6) is 0 Å². The molecule has 0 unspecified atom stereocenters. The molecule has 4 heterocycles. The third-order valence-electron chi connectivity index (χ3n) is 10.4. The molecular formula is C50H28N6S2. The van der Waals surface area contributed by atoms with Crippen LogP contribution in [0, 0.1) is 6.57 Å². The minimum absolute atomic E-state index is 0.592. The number of nitrogens with zero attached hydrogens (tertiary/aromatic N) is 6. The van der Waals surface area contributed by atoms with Gasteiger partial charge in [0.25, 0.3) is 0 Å². The van der Waals surface area contributed by atoms with Gasteiger partial charge in [0.05, 0.1) is 22.5 Å². The molecule has 0 N–H and O–H groups in total. The molecule has 0 aliphatic rings. The van der Waals surface area contributed by atoms with Crippen molar-refractivity contribution in [1.82, 2.24) is 24.9 Å². The zero-order valence-corrected chi connectivity index (χ0v) is 32.3. The fourth-order valence-electron chi connectivity index (χ4n) is 7.60. The Morgan fingerprint density at radius 2 is 0.914 bits per heavy atom. The van der Waals surface area contributed by atoms with E-state index in [9.17, 15) is 0 Å².